The number of hydrogen-bond donors (Lipinski definition) is 1. The molecule has 0 amide bonds. The summed E-state index contributed by atoms with van der Waals surface area (Å²) in [5.74, 6) is 3.82. The molecule has 0 radical (unpaired) electrons. The molecule has 2 heteroatoms. The average molecular weight is 264 g/mol. The van der Waals surface area contributed by atoms with Crippen molar-refractivity contribution in [2.24, 2.45) is 29.4 Å². The molecule has 0 aromatic carbocycles. The van der Waals surface area contributed by atoms with E-state index in [9.17, 15) is 0 Å². The van der Waals surface area contributed by atoms with Crippen LogP contribution in [0.1, 0.15) is 58.3 Å². The number of nitrogens with two attached hydrogens (primary N) is 1. The normalized spacial score (nSPS) is 43.6. The third kappa shape index (κ3) is 3.16. The molecule has 110 valence electrons. The second kappa shape index (κ2) is 6.13. The van der Waals surface area contributed by atoms with Crippen LogP contribution in [0.25, 0.3) is 0 Å². The molecule has 1 heterocycles. The van der Waals surface area contributed by atoms with E-state index >= 15 is 0 Å². The maximum Gasteiger partial charge on any atom is 0.00795 e. The number of nitrogens with zero attached hydrogens (tertiary/aromatic N) is 1. The zero-order chi connectivity index (χ0) is 13.2. The highest BCUT2D eigenvalue weighted by Gasteiger charge is 2.38. The Hall–Kier alpha value is -0.0800. The molecule has 2 N–H and O–H groups in total. The Balaban J connectivity index is 1.50. The number of likely N-dealkylation sites (tertiary alicyclic amines) is 1. The van der Waals surface area contributed by atoms with Crippen LogP contribution >= 0.6 is 0 Å². The van der Waals surface area contributed by atoms with E-state index in [0.717, 1.165) is 23.7 Å². The first-order chi connectivity index (χ1) is 9.26. The van der Waals surface area contributed by atoms with Crippen LogP contribution in [0, 0.1) is 23.7 Å². The summed E-state index contributed by atoms with van der Waals surface area (Å²) in [6, 6.07) is 0.480. The van der Waals surface area contributed by atoms with Gasteiger partial charge in [0.2, 0.25) is 0 Å². The summed E-state index contributed by atoms with van der Waals surface area (Å²) in [5, 5.41) is 0. The molecule has 0 bridgehead atoms. The first-order valence-electron chi connectivity index (χ1n) is 8.74. The molecule has 1 aliphatic heterocycles. The second-order valence-electron chi connectivity index (χ2n) is 7.56. The zero-order valence-electron chi connectivity index (χ0n) is 12.7. The van der Waals surface area contributed by atoms with Gasteiger partial charge in [0, 0.05) is 25.7 Å². The lowest BCUT2D eigenvalue weighted by Crippen LogP contribution is -2.42. The predicted octanol–water partition coefficient (Wildman–Crippen LogP) is 3.26. The minimum Gasteiger partial charge on any atom is -0.327 e. The van der Waals surface area contributed by atoms with Gasteiger partial charge in [-0.2, -0.15) is 0 Å². The fraction of sp³-hybridized carbons (Fsp3) is 1.00. The standard InChI is InChI=1S/C17H32N2/c1-2-4-13-7-8-17(18)16(9-13)12-19-10-14-5-3-6-15(14)11-19/h13-17H,2-12,18H2,1H3. The summed E-state index contributed by atoms with van der Waals surface area (Å²) in [7, 11) is 0. The molecule has 3 fully saturated rings. The first-order valence-corrected chi connectivity index (χ1v) is 8.74. The van der Waals surface area contributed by atoms with Crippen LogP contribution in [0.15, 0.2) is 0 Å². The second-order valence-corrected chi connectivity index (χ2v) is 7.56. The third-order valence-electron chi connectivity index (χ3n) is 6.14. The summed E-state index contributed by atoms with van der Waals surface area (Å²) in [5.41, 5.74) is 6.40. The largest absolute Gasteiger partial charge is 0.327 e. The van der Waals surface area contributed by atoms with Gasteiger partial charge in [0.05, 0.1) is 0 Å². The highest BCUT2D eigenvalue weighted by atomic mass is 15.2. The summed E-state index contributed by atoms with van der Waals surface area (Å²) < 4.78 is 0. The lowest BCUT2D eigenvalue weighted by atomic mass is 9.76. The fourth-order valence-corrected chi connectivity index (χ4v) is 5.08. The number of fused-ring (bicyclic) bond motifs is 1. The van der Waals surface area contributed by atoms with Gasteiger partial charge in [0.1, 0.15) is 0 Å². The summed E-state index contributed by atoms with van der Waals surface area (Å²) in [6.45, 7) is 6.39. The van der Waals surface area contributed by atoms with E-state index < -0.39 is 0 Å². The van der Waals surface area contributed by atoms with E-state index in [1.807, 2.05) is 0 Å². The fourth-order valence-electron chi connectivity index (χ4n) is 5.08. The van der Waals surface area contributed by atoms with Crippen LogP contribution in [0.3, 0.4) is 0 Å². The van der Waals surface area contributed by atoms with Gasteiger partial charge in [0.25, 0.3) is 0 Å². The van der Waals surface area contributed by atoms with E-state index in [-0.39, 0.29) is 0 Å². The van der Waals surface area contributed by atoms with Crippen molar-refractivity contribution in [3.05, 3.63) is 0 Å². The van der Waals surface area contributed by atoms with Crippen molar-refractivity contribution < 1.29 is 0 Å². The van der Waals surface area contributed by atoms with Crippen molar-refractivity contribution >= 4 is 0 Å². The van der Waals surface area contributed by atoms with Crippen LogP contribution in [-0.2, 0) is 0 Å². The molecule has 2 saturated carbocycles. The molecular weight excluding hydrogens is 232 g/mol. The molecule has 2 aliphatic carbocycles. The van der Waals surface area contributed by atoms with Crippen LogP contribution < -0.4 is 5.73 Å². The lowest BCUT2D eigenvalue weighted by molar-refractivity contribution is 0.162. The van der Waals surface area contributed by atoms with E-state index in [2.05, 4.69) is 11.8 Å². The molecule has 2 nitrogen and oxygen atoms in total. The Morgan fingerprint density at radius 3 is 2.47 bits per heavy atom. The summed E-state index contributed by atoms with van der Waals surface area (Å²) in [6.07, 6.45) is 11.3. The van der Waals surface area contributed by atoms with Crippen molar-refractivity contribution in [1.29, 1.82) is 0 Å². The van der Waals surface area contributed by atoms with Crippen LogP contribution in [-0.4, -0.2) is 30.6 Å². The highest BCUT2D eigenvalue weighted by Crippen LogP contribution is 2.39. The Morgan fingerprint density at radius 2 is 1.79 bits per heavy atom. The van der Waals surface area contributed by atoms with E-state index in [4.69, 9.17) is 5.73 Å². The zero-order valence-corrected chi connectivity index (χ0v) is 12.7. The molecule has 19 heavy (non-hydrogen) atoms. The maximum absolute atomic E-state index is 6.40. The topological polar surface area (TPSA) is 29.3 Å². The minimum atomic E-state index is 0.480. The Morgan fingerprint density at radius 1 is 1.05 bits per heavy atom. The Bertz CT molecular complexity index is 279. The third-order valence-corrected chi connectivity index (χ3v) is 6.14. The van der Waals surface area contributed by atoms with Gasteiger partial charge < -0.3 is 10.6 Å². The average Bonchev–Trinajstić information content (AvgIpc) is 2.94. The summed E-state index contributed by atoms with van der Waals surface area (Å²) in [4.78, 5) is 2.76. The van der Waals surface area contributed by atoms with Gasteiger partial charge in [-0.25, -0.2) is 0 Å². The van der Waals surface area contributed by atoms with E-state index in [1.165, 1.54) is 71.0 Å². The molecule has 3 rings (SSSR count). The highest BCUT2D eigenvalue weighted by molar-refractivity contribution is 4.91. The monoisotopic (exact) mass is 264 g/mol. The smallest absolute Gasteiger partial charge is 0.00795 e. The van der Waals surface area contributed by atoms with Crippen molar-refractivity contribution in [2.75, 3.05) is 19.6 Å². The quantitative estimate of drug-likeness (QED) is 0.844. The molecule has 5 atom stereocenters. The van der Waals surface area contributed by atoms with Gasteiger partial charge in [-0.1, -0.05) is 26.2 Å². The van der Waals surface area contributed by atoms with Gasteiger partial charge in [-0.3, -0.25) is 0 Å². The van der Waals surface area contributed by atoms with Gasteiger partial charge in [-0.15, -0.1) is 0 Å². The van der Waals surface area contributed by atoms with Crippen molar-refractivity contribution in [3.8, 4) is 0 Å². The molecule has 0 aromatic rings. The molecule has 3 aliphatic rings. The Kier molecular flexibility index (Phi) is 4.48. The van der Waals surface area contributed by atoms with Gasteiger partial charge in [-0.05, 0) is 55.8 Å². The molecule has 0 spiro atoms. The van der Waals surface area contributed by atoms with Gasteiger partial charge in [0.15, 0.2) is 0 Å². The Labute approximate surface area is 119 Å². The van der Waals surface area contributed by atoms with Crippen molar-refractivity contribution in [2.45, 2.75) is 64.3 Å². The summed E-state index contributed by atoms with van der Waals surface area (Å²) >= 11 is 0. The molecule has 5 unspecified atom stereocenters. The van der Waals surface area contributed by atoms with Gasteiger partial charge >= 0.3 is 0 Å². The van der Waals surface area contributed by atoms with E-state index in [0.29, 0.717) is 6.04 Å². The minimum absolute atomic E-state index is 0.480. The lowest BCUT2D eigenvalue weighted by Gasteiger charge is -2.36. The van der Waals surface area contributed by atoms with E-state index in [1.54, 1.807) is 0 Å². The van der Waals surface area contributed by atoms with Crippen molar-refractivity contribution in [1.82, 2.24) is 4.90 Å². The molecule has 0 aromatic heterocycles. The number of hydrogen-bond acceptors (Lipinski definition) is 2. The van der Waals surface area contributed by atoms with Crippen LogP contribution in [0.4, 0.5) is 0 Å². The van der Waals surface area contributed by atoms with Crippen molar-refractivity contribution in [3.63, 3.8) is 0 Å². The maximum atomic E-state index is 6.40. The van der Waals surface area contributed by atoms with Crippen LogP contribution in [0.5, 0.6) is 0 Å². The first kappa shape index (κ1) is 13.9. The van der Waals surface area contributed by atoms with Crippen LogP contribution in [0.2, 0.25) is 0 Å². The number of rotatable bonds is 4. The SMILES string of the molecule is CCCC1CCC(N)C(CN2CC3CCCC3C2)C1. The molecular formula is C17H32N2. The molecule has 1 saturated heterocycles. The predicted molar refractivity (Wildman–Crippen MR) is 81.0 cm³/mol.